The Morgan fingerprint density at radius 2 is 1.88 bits per heavy atom. The number of hydrogen-bond acceptors (Lipinski definition) is 6. The highest BCUT2D eigenvalue weighted by molar-refractivity contribution is 9.10. The second kappa shape index (κ2) is 9.07. The lowest BCUT2D eigenvalue weighted by Crippen LogP contribution is -2.33. The fraction of sp³-hybridized carbons (Fsp3) is 0.231. The topological polar surface area (TPSA) is 60.4 Å². The maximum absolute atomic E-state index is 11.6. The van der Waals surface area contributed by atoms with Crippen molar-refractivity contribution in [2.75, 3.05) is 7.11 Å². The Labute approximate surface area is 214 Å². The number of benzene rings is 3. The Morgan fingerprint density at radius 3 is 2.59 bits per heavy atom. The molecule has 0 N–H and O–H groups in total. The molecule has 0 aliphatic carbocycles. The number of esters is 1. The molecule has 0 amide bonds. The zero-order valence-electron chi connectivity index (χ0n) is 18.8. The van der Waals surface area contributed by atoms with Crippen LogP contribution in [0.5, 0.6) is 17.2 Å². The van der Waals surface area contributed by atoms with Gasteiger partial charge in [-0.1, -0.05) is 45.8 Å². The standard InChI is InChI=1S/C26H22Br2N2O4/c1-14-4-6-16(7-5-14)21-13-22-19-12-18(27)8-9-23(19)34-26(30(22)29-21)17-10-20(28)25(33-15(2)31)24(11-17)32-3/h4-12,22,26H,13H2,1-3H3/t22-,26+/m1/s1. The SMILES string of the molecule is COc1cc([C@@H]2Oc3ccc(Br)cc3[C@H]3CC(c4ccc(C)cc4)=NN32)cc(Br)c1OC(C)=O. The van der Waals surface area contributed by atoms with Crippen molar-refractivity contribution in [3.63, 3.8) is 0 Å². The molecule has 0 saturated carbocycles. The minimum absolute atomic E-state index is 0.0143. The summed E-state index contributed by atoms with van der Waals surface area (Å²) in [5.74, 6) is 1.16. The molecule has 0 unspecified atom stereocenters. The quantitative estimate of drug-likeness (QED) is 0.252. The predicted molar refractivity (Wildman–Crippen MR) is 136 cm³/mol. The first-order valence-electron chi connectivity index (χ1n) is 10.8. The first-order chi connectivity index (χ1) is 16.3. The van der Waals surface area contributed by atoms with Gasteiger partial charge in [-0.05, 0) is 58.7 Å². The van der Waals surface area contributed by atoms with E-state index in [4.69, 9.17) is 19.3 Å². The van der Waals surface area contributed by atoms with E-state index in [1.54, 1.807) is 7.11 Å². The average Bonchev–Trinajstić information content (AvgIpc) is 3.26. The van der Waals surface area contributed by atoms with E-state index in [-0.39, 0.29) is 6.04 Å². The minimum atomic E-state index is -0.488. The highest BCUT2D eigenvalue weighted by atomic mass is 79.9. The number of aryl methyl sites for hydroxylation is 1. The molecule has 0 spiro atoms. The van der Waals surface area contributed by atoms with Crippen LogP contribution < -0.4 is 14.2 Å². The van der Waals surface area contributed by atoms with Crippen molar-refractivity contribution in [3.05, 3.63) is 85.8 Å². The number of halogens is 2. The third-order valence-corrected chi connectivity index (χ3v) is 7.00. The van der Waals surface area contributed by atoms with Gasteiger partial charge in [0.1, 0.15) is 5.75 Å². The molecule has 0 aromatic heterocycles. The van der Waals surface area contributed by atoms with Crippen LogP contribution in [0, 0.1) is 6.92 Å². The van der Waals surface area contributed by atoms with Crippen molar-refractivity contribution in [3.8, 4) is 17.2 Å². The minimum Gasteiger partial charge on any atom is -0.493 e. The molecule has 2 aliphatic rings. The van der Waals surface area contributed by atoms with Gasteiger partial charge in [-0.15, -0.1) is 0 Å². The van der Waals surface area contributed by atoms with Gasteiger partial charge < -0.3 is 14.2 Å². The van der Waals surface area contributed by atoms with Gasteiger partial charge in [-0.3, -0.25) is 4.79 Å². The summed E-state index contributed by atoms with van der Waals surface area (Å²) in [6, 6.07) is 18.2. The number of nitrogens with zero attached hydrogens (tertiary/aromatic N) is 2. The van der Waals surface area contributed by atoms with E-state index < -0.39 is 12.2 Å². The first kappa shape index (κ1) is 22.9. The van der Waals surface area contributed by atoms with Crippen molar-refractivity contribution in [2.24, 2.45) is 5.10 Å². The van der Waals surface area contributed by atoms with Gasteiger partial charge in [0.05, 0.1) is 23.3 Å². The van der Waals surface area contributed by atoms with Gasteiger partial charge in [-0.2, -0.15) is 5.10 Å². The summed E-state index contributed by atoms with van der Waals surface area (Å²) < 4.78 is 19.0. The van der Waals surface area contributed by atoms with E-state index in [1.165, 1.54) is 12.5 Å². The van der Waals surface area contributed by atoms with Crippen LogP contribution in [0.3, 0.4) is 0 Å². The summed E-state index contributed by atoms with van der Waals surface area (Å²) in [5.41, 5.74) is 5.22. The van der Waals surface area contributed by atoms with E-state index in [0.717, 1.165) is 39.0 Å². The monoisotopic (exact) mass is 584 g/mol. The molecular weight excluding hydrogens is 564 g/mol. The Bertz CT molecular complexity index is 1310. The molecule has 0 fully saturated rings. The van der Waals surface area contributed by atoms with Gasteiger partial charge in [0.25, 0.3) is 0 Å². The van der Waals surface area contributed by atoms with Crippen LogP contribution in [0.4, 0.5) is 0 Å². The van der Waals surface area contributed by atoms with Gasteiger partial charge in [0.15, 0.2) is 11.5 Å². The summed E-state index contributed by atoms with van der Waals surface area (Å²) in [6.07, 6.45) is 0.272. The maximum Gasteiger partial charge on any atom is 0.308 e. The molecule has 174 valence electrons. The molecule has 2 aliphatic heterocycles. The molecule has 3 aromatic carbocycles. The summed E-state index contributed by atoms with van der Waals surface area (Å²) in [7, 11) is 1.54. The van der Waals surface area contributed by atoms with Crippen LogP contribution in [0.2, 0.25) is 0 Å². The van der Waals surface area contributed by atoms with Crippen molar-refractivity contribution in [2.45, 2.75) is 32.5 Å². The lowest BCUT2D eigenvalue weighted by atomic mass is 9.95. The molecular formula is C26H22Br2N2O4. The Kier molecular flexibility index (Phi) is 6.12. The summed E-state index contributed by atoms with van der Waals surface area (Å²) in [6.45, 7) is 3.43. The van der Waals surface area contributed by atoms with Crippen LogP contribution in [-0.2, 0) is 4.79 Å². The number of hydrogen-bond donors (Lipinski definition) is 0. The normalized spacial score (nSPS) is 18.5. The molecule has 34 heavy (non-hydrogen) atoms. The Balaban J connectivity index is 1.60. The molecule has 2 atom stereocenters. The number of carbonyl (C=O) groups excluding carboxylic acids is 1. The lowest BCUT2D eigenvalue weighted by molar-refractivity contribution is -0.132. The molecule has 5 rings (SSSR count). The van der Waals surface area contributed by atoms with E-state index in [0.29, 0.717) is 16.0 Å². The Morgan fingerprint density at radius 1 is 1.12 bits per heavy atom. The fourth-order valence-corrected chi connectivity index (χ4v) is 5.24. The van der Waals surface area contributed by atoms with Gasteiger partial charge in [0.2, 0.25) is 6.23 Å². The highest BCUT2D eigenvalue weighted by Gasteiger charge is 2.41. The summed E-state index contributed by atoms with van der Waals surface area (Å²) in [4.78, 5) is 11.6. The summed E-state index contributed by atoms with van der Waals surface area (Å²) in [5, 5.41) is 7.03. The van der Waals surface area contributed by atoms with Gasteiger partial charge in [-0.25, -0.2) is 5.01 Å². The van der Waals surface area contributed by atoms with E-state index >= 15 is 0 Å². The second-order valence-corrected chi connectivity index (χ2v) is 10.1. The van der Waals surface area contributed by atoms with Crippen LogP contribution in [0.1, 0.15) is 47.9 Å². The molecule has 3 aromatic rings. The summed E-state index contributed by atoms with van der Waals surface area (Å²) >= 11 is 7.13. The number of fused-ring (bicyclic) bond motifs is 3. The van der Waals surface area contributed by atoms with Crippen molar-refractivity contribution in [1.82, 2.24) is 5.01 Å². The van der Waals surface area contributed by atoms with Crippen molar-refractivity contribution in [1.29, 1.82) is 0 Å². The number of hydrazone groups is 1. The third-order valence-electron chi connectivity index (χ3n) is 5.92. The predicted octanol–water partition coefficient (Wildman–Crippen LogP) is 6.70. The molecule has 2 heterocycles. The largest absolute Gasteiger partial charge is 0.493 e. The van der Waals surface area contributed by atoms with Crippen molar-refractivity contribution >= 4 is 43.5 Å². The number of ether oxygens (including phenoxy) is 3. The first-order valence-corrected chi connectivity index (χ1v) is 12.4. The zero-order valence-corrected chi connectivity index (χ0v) is 22.0. The van der Waals surface area contributed by atoms with Gasteiger partial charge in [0, 0.05) is 28.9 Å². The van der Waals surface area contributed by atoms with Crippen LogP contribution in [0.15, 0.2) is 68.6 Å². The molecule has 0 saturated heterocycles. The number of rotatable bonds is 4. The highest BCUT2D eigenvalue weighted by Crippen LogP contribution is 2.49. The average molecular weight is 586 g/mol. The second-order valence-electron chi connectivity index (χ2n) is 8.29. The van der Waals surface area contributed by atoms with Crippen LogP contribution in [-0.4, -0.2) is 23.8 Å². The third kappa shape index (κ3) is 4.20. The maximum atomic E-state index is 11.6. The van der Waals surface area contributed by atoms with Crippen LogP contribution >= 0.6 is 31.9 Å². The lowest BCUT2D eigenvalue weighted by Gasteiger charge is -2.38. The molecule has 0 radical (unpaired) electrons. The Hall–Kier alpha value is -2.84. The fourth-order valence-electron chi connectivity index (χ4n) is 4.32. The van der Waals surface area contributed by atoms with Gasteiger partial charge >= 0.3 is 5.97 Å². The van der Waals surface area contributed by atoms with E-state index in [9.17, 15) is 4.79 Å². The van der Waals surface area contributed by atoms with E-state index in [1.807, 2.05) is 29.3 Å². The molecule has 0 bridgehead atoms. The van der Waals surface area contributed by atoms with Crippen LogP contribution in [0.25, 0.3) is 0 Å². The smallest absolute Gasteiger partial charge is 0.308 e. The number of methoxy groups -OCH3 is 1. The van der Waals surface area contributed by atoms with E-state index in [2.05, 4.69) is 69.1 Å². The number of carbonyl (C=O) groups is 1. The van der Waals surface area contributed by atoms with Crippen molar-refractivity contribution < 1.29 is 19.0 Å². The molecule has 6 nitrogen and oxygen atoms in total. The zero-order chi connectivity index (χ0) is 24.0. The molecule has 8 heteroatoms.